The van der Waals surface area contributed by atoms with Crippen LogP contribution in [0.25, 0.3) is 11.3 Å². The summed E-state index contributed by atoms with van der Waals surface area (Å²) in [4.78, 5) is 22.3. The maximum Gasteiger partial charge on any atom is 0.311 e. The number of carbonyl (C=O) groups is 2. The second-order valence-electron chi connectivity index (χ2n) is 4.04. The highest BCUT2D eigenvalue weighted by Gasteiger charge is 2.11. The smallest absolute Gasteiger partial charge is 0.311 e. The van der Waals surface area contributed by atoms with Crippen LogP contribution < -0.4 is 4.74 Å². The lowest BCUT2D eigenvalue weighted by atomic mass is 10.0. The number of aliphatic carboxylic acids is 1. The maximum absolute atomic E-state index is 11.7. The van der Waals surface area contributed by atoms with Crippen LogP contribution >= 0.6 is 0 Å². The molecule has 1 aromatic heterocycles. The minimum atomic E-state index is -1.15. The van der Waals surface area contributed by atoms with Crippen molar-refractivity contribution in [1.29, 1.82) is 0 Å². The van der Waals surface area contributed by atoms with Crippen molar-refractivity contribution in [2.24, 2.45) is 0 Å². The van der Waals surface area contributed by atoms with Crippen LogP contribution in [0.1, 0.15) is 16.8 Å². The van der Waals surface area contributed by atoms with Gasteiger partial charge < -0.3 is 9.84 Å². The molecule has 2 rings (SSSR count). The molecule has 6 heteroatoms. The molecule has 0 fully saturated rings. The van der Waals surface area contributed by atoms with Gasteiger partial charge in [-0.15, -0.1) is 10.2 Å². The molecule has 0 aliphatic rings. The number of hydrogen-bond donors (Lipinski definition) is 1. The van der Waals surface area contributed by atoms with E-state index in [1.165, 1.54) is 7.11 Å². The number of carboxylic acid groups (broad SMARTS) is 1. The summed E-state index contributed by atoms with van der Waals surface area (Å²) >= 11 is 0. The lowest BCUT2D eigenvalue weighted by Crippen LogP contribution is -2.07. The Balaban J connectivity index is 2.28. The summed E-state index contributed by atoms with van der Waals surface area (Å²) in [6, 6.07) is 10.00. The predicted octanol–water partition coefficient (Wildman–Crippen LogP) is 1.81. The van der Waals surface area contributed by atoms with E-state index in [-0.39, 0.29) is 0 Å². The van der Waals surface area contributed by atoms with Crippen molar-refractivity contribution in [2.75, 3.05) is 7.11 Å². The SMILES string of the molecule is COc1ccc(-c2cccc(C(=O)CC(=O)O)c2)nn1. The zero-order valence-electron chi connectivity index (χ0n) is 10.7. The van der Waals surface area contributed by atoms with Gasteiger partial charge in [-0.1, -0.05) is 18.2 Å². The minimum absolute atomic E-state index is 0.336. The van der Waals surface area contributed by atoms with E-state index in [9.17, 15) is 9.59 Å². The molecule has 0 saturated carbocycles. The molecule has 0 atom stereocenters. The molecule has 1 N–H and O–H groups in total. The highest BCUT2D eigenvalue weighted by Crippen LogP contribution is 2.19. The van der Waals surface area contributed by atoms with Gasteiger partial charge in [0.2, 0.25) is 5.88 Å². The molecule has 0 aliphatic heterocycles. The first kappa shape index (κ1) is 13.7. The van der Waals surface area contributed by atoms with Crippen molar-refractivity contribution in [2.45, 2.75) is 6.42 Å². The Morgan fingerprint density at radius 2 is 2.00 bits per heavy atom. The first-order valence-electron chi connectivity index (χ1n) is 5.83. The average molecular weight is 272 g/mol. The Kier molecular flexibility index (Phi) is 4.05. The number of aromatic nitrogens is 2. The summed E-state index contributed by atoms with van der Waals surface area (Å²) in [5, 5.41) is 16.5. The summed E-state index contributed by atoms with van der Waals surface area (Å²) in [6.45, 7) is 0. The normalized spacial score (nSPS) is 10.1. The average Bonchev–Trinajstić information content (AvgIpc) is 2.47. The molecule has 0 aliphatic carbocycles. The zero-order valence-corrected chi connectivity index (χ0v) is 10.7. The van der Waals surface area contributed by atoms with Gasteiger partial charge in [0.1, 0.15) is 6.42 Å². The van der Waals surface area contributed by atoms with Crippen molar-refractivity contribution in [3.63, 3.8) is 0 Å². The van der Waals surface area contributed by atoms with E-state index in [0.717, 1.165) is 0 Å². The molecule has 1 aromatic carbocycles. The lowest BCUT2D eigenvalue weighted by molar-refractivity contribution is -0.135. The largest absolute Gasteiger partial charge is 0.481 e. The molecule has 0 spiro atoms. The summed E-state index contributed by atoms with van der Waals surface area (Å²) in [5.41, 5.74) is 1.61. The molecule has 2 aromatic rings. The highest BCUT2D eigenvalue weighted by molar-refractivity contribution is 6.06. The van der Waals surface area contributed by atoms with E-state index in [4.69, 9.17) is 9.84 Å². The van der Waals surface area contributed by atoms with Crippen LogP contribution in [0.4, 0.5) is 0 Å². The van der Waals surface area contributed by atoms with E-state index in [2.05, 4.69) is 10.2 Å². The Bertz CT molecular complexity index is 638. The number of benzene rings is 1. The number of hydrogen-bond acceptors (Lipinski definition) is 5. The third-order valence-electron chi connectivity index (χ3n) is 2.64. The van der Waals surface area contributed by atoms with Crippen LogP contribution in [-0.4, -0.2) is 34.2 Å². The Hall–Kier alpha value is -2.76. The predicted molar refractivity (Wildman–Crippen MR) is 70.6 cm³/mol. The molecule has 1 heterocycles. The zero-order chi connectivity index (χ0) is 14.5. The molecule has 0 unspecified atom stereocenters. The third-order valence-corrected chi connectivity index (χ3v) is 2.64. The maximum atomic E-state index is 11.7. The summed E-state index contributed by atoms with van der Waals surface area (Å²) < 4.78 is 4.92. The van der Waals surface area contributed by atoms with Gasteiger partial charge in [-0.05, 0) is 12.1 Å². The van der Waals surface area contributed by atoms with Gasteiger partial charge in [0.05, 0.1) is 12.8 Å². The van der Waals surface area contributed by atoms with Crippen LogP contribution in [0, 0.1) is 0 Å². The van der Waals surface area contributed by atoms with Crippen molar-refractivity contribution in [3.05, 3.63) is 42.0 Å². The molecule has 0 saturated heterocycles. The molecule has 0 amide bonds. The lowest BCUT2D eigenvalue weighted by Gasteiger charge is -2.04. The fraction of sp³-hybridized carbons (Fsp3) is 0.143. The van der Waals surface area contributed by atoms with E-state index in [1.54, 1.807) is 36.4 Å². The number of carbonyl (C=O) groups excluding carboxylic acids is 1. The topological polar surface area (TPSA) is 89.4 Å². The number of ether oxygens (including phenoxy) is 1. The van der Waals surface area contributed by atoms with Crippen LogP contribution in [0.5, 0.6) is 5.88 Å². The Morgan fingerprint density at radius 3 is 2.60 bits per heavy atom. The number of methoxy groups -OCH3 is 1. The van der Waals surface area contributed by atoms with Crippen molar-refractivity contribution >= 4 is 11.8 Å². The van der Waals surface area contributed by atoms with Crippen LogP contribution in [0.2, 0.25) is 0 Å². The van der Waals surface area contributed by atoms with Gasteiger partial charge in [-0.25, -0.2) is 0 Å². The van der Waals surface area contributed by atoms with Gasteiger partial charge in [-0.3, -0.25) is 9.59 Å². The Morgan fingerprint density at radius 1 is 1.20 bits per heavy atom. The summed E-state index contributed by atoms with van der Waals surface area (Å²) in [7, 11) is 1.49. The van der Waals surface area contributed by atoms with Gasteiger partial charge in [-0.2, -0.15) is 0 Å². The van der Waals surface area contributed by atoms with E-state index < -0.39 is 18.2 Å². The second kappa shape index (κ2) is 5.92. The highest BCUT2D eigenvalue weighted by atomic mass is 16.5. The molecule has 0 bridgehead atoms. The van der Waals surface area contributed by atoms with Gasteiger partial charge in [0, 0.05) is 17.2 Å². The summed E-state index contributed by atoms with van der Waals surface area (Å²) in [6.07, 6.45) is -0.530. The van der Waals surface area contributed by atoms with Crippen LogP contribution in [-0.2, 0) is 4.79 Å². The molecule has 102 valence electrons. The van der Waals surface area contributed by atoms with Crippen LogP contribution in [0.15, 0.2) is 36.4 Å². The molecule has 0 radical (unpaired) electrons. The van der Waals surface area contributed by atoms with Gasteiger partial charge in [0.15, 0.2) is 5.78 Å². The monoisotopic (exact) mass is 272 g/mol. The number of Topliss-reactive ketones (excluding diaryl/α,β-unsaturated/α-hetero) is 1. The first-order chi connectivity index (χ1) is 9.60. The van der Waals surface area contributed by atoms with E-state index in [0.29, 0.717) is 22.7 Å². The molecular weight excluding hydrogens is 260 g/mol. The fourth-order valence-corrected chi connectivity index (χ4v) is 1.67. The molecular formula is C14H12N2O4. The quantitative estimate of drug-likeness (QED) is 0.659. The van der Waals surface area contributed by atoms with Crippen molar-refractivity contribution in [1.82, 2.24) is 10.2 Å². The number of nitrogens with zero attached hydrogens (tertiary/aromatic N) is 2. The second-order valence-corrected chi connectivity index (χ2v) is 4.04. The van der Waals surface area contributed by atoms with Crippen molar-refractivity contribution < 1.29 is 19.4 Å². The Labute approximate surface area is 115 Å². The molecule has 20 heavy (non-hydrogen) atoms. The first-order valence-corrected chi connectivity index (χ1v) is 5.83. The van der Waals surface area contributed by atoms with E-state index in [1.807, 2.05) is 0 Å². The van der Waals surface area contributed by atoms with E-state index >= 15 is 0 Å². The number of carboxylic acids is 1. The fourth-order valence-electron chi connectivity index (χ4n) is 1.67. The third kappa shape index (κ3) is 3.17. The summed E-state index contributed by atoms with van der Waals surface area (Å²) in [5.74, 6) is -1.20. The van der Waals surface area contributed by atoms with Crippen LogP contribution in [0.3, 0.4) is 0 Å². The van der Waals surface area contributed by atoms with Gasteiger partial charge in [0.25, 0.3) is 0 Å². The van der Waals surface area contributed by atoms with Gasteiger partial charge >= 0.3 is 5.97 Å². The van der Waals surface area contributed by atoms with Crippen molar-refractivity contribution in [3.8, 4) is 17.1 Å². The number of ketones is 1. The number of rotatable bonds is 5. The standard InChI is InChI=1S/C14H12N2O4/c1-20-13-6-5-11(15-16-13)9-3-2-4-10(7-9)12(17)8-14(18)19/h2-7H,8H2,1H3,(H,18,19). The minimum Gasteiger partial charge on any atom is -0.481 e. The molecule has 6 nitrogen and oxygen atoms in total.